The molecule has 1 aromatic heterocycles. The Morgan fingerprint density at radius 1 is 1.11 bits per heavy atom. The second-order valence-corrected chi connectivity index (χ2v) is 8.94. The zero-order valence-corrected chi connectivity index (χ0v) is 17.9. The van der Waals surface area contributed by atoms with Gasteiger partial charge in [-0.05, 0) is 65.4 Å². The molecule has 0 spiro atoms. The summed E-state index contributed by atoms with van der Waals surface area (Å²) < 4.78 is 30.6. The number of nitrogens with zero attached hydrogens (tertiary/aromatic N) is 2. The largest absolute Gasteiger partial charge is 0.352 e. The number of aromatic nitrogens is 2. The molecule has 28 heavy (non-hydrogen) atoms. The van der Waals surface area contributed by atoms with Gasteiger partial charge < -0.3 is 9.88 Å². The molecular formula is C19H19IN4O3S. The summed E-state index contributed by atoms with van der Waals surface area (Å²) in [6.45, 7) is 1.20. The van der Waals surface area contributed by atoms with Gasteiger partial charge in [-0.2, -0.15) is 0 Å². The number of carbonyl (C=O) groups is 1. The van der Waals surface area contributed by atoms with Crippen LogP contribution in [0.5, 0.6) is 0 Å². The Labute approximate surface area is 177 Å². The average Bonchev–Trinajstić information content (AvgIpc) is 3.19. The number of carbonyl (C=O) groups excluding carboxylic acids is 1. The van der Waals surface area contributed by atoms with Crippen LogP contribution in [0.3, 0.4) is 0 Å². The molecule has 0 bridgehead atoms. The summed E-state index contributed by atoms with van der Waals surface area (Å²) in [6.07, 6.45) is 6.01. The van der Waals surface area contributed by atoms with Gasteiger partial charge in [0.25, 0.3) is 15.9 Å². The van der Waals surface area contributed by atoms with E-state index in [9.17, 15) is 13.2 Å². The first-order valence-electron chi connectivity index (χ1n) is 8.57. The molecule has 0 radical (unpaired) electrons. The van der Waals surface area contributed by atoms with Crippen molar-refractivity contribution in [2.75, 3.05) is 11.3 Å². The molecule has 0 fully saturated rings. The standard InChI is InChI=1S/C19H19IN4O3S/c20-15-6-8-16(9-7-15)28(26,27)23-18-5-2-1-4-17(18)19(25)22-10-3-12-24-13-11-21-14-24/h1-2,4-9,11,13-14,23H,3,10,12H2,(H,22,25). The minimum atomic E-state index is -3.78. The summed E-state index contributed by atoms with van der Waals surface area (Å²) >= 11 is 2.11. The van der Waals surface area contributed by atoms with Gasteiger partial charge in [-0.15, -0.1) is 0 Å². The van der Waals surface area contributed by atoms with Crippen LogP contribution in [0.2, 0.25) is 0 Å². The number of amides is 1. The average molecular weight is 510 g/mol. The quantitative estimate of drug-likeness (QED) is 0.360. The van der Waals surface area contributed by atoms with E-state index in [1.54, 1.807) is 48.9 Å². The summed E-state index contributed by atoms with van der Waals surface area (Å²) in [5.41, 5.74) is 0.521. The summed E-state index contributed by atoms with van der Waals surface area (Å²) in [5, 5.41) is 2.83. The van der Waals surface area contributed by atoms with Crippen LogP contribution in [0.15, 0.2) is 72.1 Å². The van der Waals surface area contributed by atoms with Gasteiger partial charge in [0.05, 0.1) is 22.5 Å². The van der Waals surface area contributed by atoms with E-state index in [-0.39, 0.29) is 22.1 Å². The van der Waals surface area contributed by atoms with Crippen LogP contribution < -0.4 is 10.0 Å². The minimum absolute atomic E-state index is 0.142. The van der Waals surface area contributed by atoms with Crippen molar-refractivity contribution in [1.29, 1.82) is 0 Å². The fourth-order valence-corrected chi connectivity index (χ4v) is 4.00. The lowest BCUT2D eigenvalue weighted by Crippen LogP contribution is -2.26. The normalized spacial score (nSPS) is 11.2. The summed E-state index contributed by atoms with van der Waals surface area (Å²) in [5.74, 6) is -0.327. The maximum absolute atomic E-state index is 12.6. The van der Waals surface area contributed by atoms with E-state index >= 15 is 0 Å². The number of hydrogen-bond acceptors (Lipinski definition) is 4. The van der Waals surface area contributed by atoms with Gasteiger partial charge in [-0.3, -0.25) is 9.52 Å². The number of benzene rings is 2. The SMILES string of the molecule is O=C(NCCCn1ccnc1)c1ccccc1NS(=O)(=O)c1ccc(I)cc1. The third-order valence-electron chi connectivity index (χ3n) is 3.98. The lowest BCUT2D eigenvalue weighted by atomic mass is 10.1. The van der Waals surface area contributed by atoms with E-state index in [2.05, 4.69) is 37.6 Å². The topological polar surface area (TPSA) is 93.1 Å². The maximum Gasteiger partial charge on any atom is 0.261 e. The van der Waals surface area contributed by atoms with Crippen molar-refractivity contribution in [3.05, 3.63) is 76.4 Å². The monoisotopic (exact) mass is 510 g/mol. The van der Waals surface area contributed by atoms with Gasteiger partial charge in [0.1, 0.15) is 0 Å². The summed E-state index contributed by atoms with van der Waals surface area (Å²) in [4.78, 5) is 16.6. The van der Waals surface area contributed by atoms with Crippen LogP contribution in [0.4, 0.5) is 5.69 Å². The van der Waals surface area contributed by atoms with Gasteiger partial charge in [-0.1, -0.05) is 12.1 Å². The zero-order chi connectivity index (χ0) is 20.0. The van der Waals surface area contributed by atoms with Crippen molar-refractivity contribution in [3.8, 4) is 0 Å². The molecule has 0 aliphatic carbocycles. The summed E-state index contributed by atoms with van der Waals surface area (Å²) in [7, 11) is -3.78. The van der Waals surface area contributed by atoms with Crippen molar-refractivity contribution in [1.82, 2.24) is 14.9 Å². The minimum Gasteiger partial charge on any atom is -0.352 e. The lowest BCUT2D eigenvalue weighted by Gasteiger charge is -2.13. The van der Waals surface area contributed by atoms with Crippen LogP contribution in [-0.4, -0.2) is 30.4 Å². The Hall–Kier alpha value is -2.40. The first-order valence-corrected chi connectivity index (χ1v) is 11.1. The Morgan fingerprint density at radius 2 is 1.86 bits per heavy atom. The number of para-hydroxylation sites is 1. The number of sulfonamides is 1. The van der Waals surface area contributed by atoms with Gasteiger partial charge >= 0.3 is 0 Å². The number of imidazole rings is 1. The highest BCUT2D eigenvalue weighted by Crippen LogP contribution is 2.20. The number of hydrogen-bond donors (Lipinski definition) is 2. The van der Waals surface area contributed by atoms with Gasteiger partial charge in [0.15, 0.2) is 0 Å². The second-order valence-electron chi connectivity index (χ2n) is 6.01. The molecule has 2 N–H and O–H groups in total. The number of aryl methyl sites for hydroxylation is 1. The highest BCUT2D eigenvalue weighted by atomic mass is 127. The second kappa shape index (κ2) is 9.20. The predicted octanol–water partition coefficient (Wildman–Crippen LogP) is 3.11. The number of nitrogens with one attached hydrogen (secondary N) is 2. The Morgan fingerprint density at radius 3 is 2.57 bits per heavy atom. The fraction of sp³-hybridized carbons (Fsp3) is 0.158. The predicted molar refractivity (Wildman–Crippen MR) is 116 cm³/mol. The Balaban J connectivity index is 1.66. The van der Waals surface area contributed by atoms with Crippen molar-refractivity contribution in [2.45, 2.75) is 17.9 Å². The molecule has 0 saturated heterocycles. The van der Waals surface area contributed by atoms with Crippen molar-refractivity contribution >= 4 is 44.2 Å². The third-order valence-corrected chi connectivity index (χ3v) is 6.08. The van der Waals surface area contributed by atoms with E-state index in [4.69, 9.17) is 0 Å². The molecule has 3 rings (SSSR count). The first-order chi connectivity index (χ1) is 13.5. The molecule has 2 aromatic carbocycles. The van der Waals surface area contributed by atoms with Crippen molar-refractivity contribution < 1.29 is 13.2 Å². The molecule has 0 aliphatic rings. The van der Waals surface area contributed by atoms with E-state index in [1.807, 2.05) is 10.8 Å². The highest BCUT2D eigenvalue weighted by molar-refractivity contribution is 14.1. The van der Waals surface area contributed by atoms with Gasteiger partial charge in [-0.25, -0.2) is 13.4 Å². The smallest absolute Gasteiger partial charge is 0.261 e. The lowest BCUT2D eigenvalue weighted by molar-refractivity contribution is 0.0953. The number of rotatable bonds is 8. The molecule has 0 saturated carbocycles. The van der Waals surface area contributed by atoms with Crippen LogP contribution in [0, 0.1) is 3.57 Å². The van der Waals surface area contributed by atoms with Crippen LogP contribution in [-0.2, 0) is 16.6 Å². The molecule has 3 aromatic rings. The van der Waals surface area contributed by atoms with E-state index in [1.165, 1.54) is 12.1 Å². The molecule has 9 heteroatoms. The molecule has 7 nitrogen and oxygen atoms in total. The summed E-state index contributed by atoms with van der Waals surface area (Å²) in [6, 6.07) is 13.0. The van der Waals surface area contributed by atoms with Crippen molar-refractivity contribution in [2.24, 2.45) is 0 Å². The Bertz CT molecular complexity index is 1040. The van der Waals surface area contributed by atoms with E-state index in [0.717, 1.165) is 16.5 Å². The van der Waals surface area contributed by atoms with Crippen molar-refractivity contribution in [3.63, 3.8) is 0 Å². The highest BCUT2D eigenvalue weighted by Gasteiger charge is 2.18. The maximum atomic E-state index is 12.6. The third kappa shape index (κ3) is 5.32. The molecule has 0 unspecified atom stereocenters. The molecule has 0 atom stereocenters. The molecule has 1 heterocycles. The molecular weight excluding hydrogens is 491 g/mol. The number of anilines is 1. The van der Waals surface area contributed by atoms with E-state index in [0.29, 0.717) is 6.54 Å². The molecule has 0 aliphatic heterocycles. The van der Waals surface area contributed by atoms with E-state index < -0.39 is 10.0 Å². The zero-order valence-electron chi connectivity index (χ0n) is 14.9. The van der Waals surface area contributed by atoms with Crippen LogP contribution in [0.25, 0.3) is 0 Å². The number of halogens is 1. The molecule has 146 valence electrons. The van der Waals surface area contributed by atoms with Crippen LogP contribution in [0.1, 0.15) is 16.8 Å². The first kappa shape index (κ1) is 20.3. The molecule has 1 amide bonds. The van der Waals surface area contributed by atoms with Gasteiger partial charge in [0, 0.05) is 29.1 Å². The van der Waals surface area contributed by atoms with Crippen LogP contribution >= 0.6 is 22.6 Å². The fourth-order valence-electron chi connectivity index (χ4n) is 2.57. The Kier molecular flexibility index (Phi) is 6.68. The van der Waals surface area contributed by atoms with Gasteiger partial charge in [0.2, 0.25) is 0 Å².